The van der Waals surface area contributed by atoms with Crippen LogP contribution in [-0.4, -0.2) is 27.2 Å². The normalized spacial score (nSPS) is 15.1. The van der Waals surface area contributed by atoms with E-state index in [1.54, 1.807) is 0 Å². The van der Waals surface area contributed by atoms with Crippen LogP contribution in [0.2, 0.25) is 0 Å². The highest BCUT2D eigenvalue weighted by atomic mass is 32.1. The molecule has 0 aliphatic carbocycles. The number of anilines is 1. The monoisotopic (exact) mass is 440 g/mol. The first-order chi connectivity index (χ1) is 14.7. The average Bonchev–Trinajstić information content (AvgIpc) is 3.14. The van der Waals surface area contributed by atoms with Gasteiger partial charge >= 0.3 is 0 Å². The first-order valence-electron chi connectivity index (χ1n) is 10.6. The van der Waals surface area contributed by atoms with E-state index in [-0.39, 0.29) is 17.9 Å². The van der Waals surface area contributed by atoms with Crippen molar-refractivity contribution in [1.82, 2.24) is 15.1 Å². The maximum Gasteiger partial charge on any atom is 0.216 e. The molecular weight excluding hydrogens is 404 g/mol. The first kappa shape index (κ1) is 26.3. The van der Waals surface area contributed by atoms with Gasteiger partial charge in [-0.1, -0.05) is 67.2 Å². The van der Waals surface area contributed by atoms with E-state index in [0.717, 1.165) is 5.69 Å². The van der Waals surface area contributed by atoms with Crippen molar-refractivity contribution in [2.24, 2.45) is 5.92 Å². The zero-order valence-electron chi connectivity index (χ0n) is 19.8. The van der Waals surface area contributed by atoms with Crippen molar-refractivity contribution >= 4 is 35.0 Å². The van der Waals surface area contributed by atoms with Crippen LogP contribution in [0.25, 0.3) is 6.08 Å². The van der Waals surface area contributed by atoms with Gasteiger partial charge in [-0.25, -0.2) is 0 Å². The van der Waals surface area contributed by atoms with E-state index in [1.807, 2.05) is 61.9 Å². The van der Waals surface area contributed by atoms with Crippen LogP contribution >= 0.6 is 12.2 Å². The highest BCUT2D eigenvalue weighted by Gasteiger charge is 2.16. The van der Waals surface area contributed by atoms with Crippen LogP contribution < -0.4 is 10.6 Å². The molecule has 0 spiro atoms. The molecule has 1 aromatic heterocycles. The van der Waals surface area contributed by atoms with Crippen molar-refractivity contribution < 1.29 is 4.79 Å². The molecule has 6 heteroatoms. The molecule has 0 aliphatic heterocycles. The van der Waals surface area contributed by atoms with Gasteiger partial charge in [0.05, 0.1) is 16.7 Å². The molecule has 0 fully saturated rings. The SMILES string of the molecule is C/C=C\C=C(\C)C(C)n1nc(NC(=S)[C@H](C)CNC(C)=O)cc1/C=C/C=C\C(C)=C/C. The third-order valence-corrected chi connectivity index (χ3v) is 5.40. The van der Waals surface area contributed by atoms with Gasteiger partial charge in [0.15, 0.2) is 5.82 Å². The Morgan fingerprint density at radius 2 is 1.90 bits per heavy atom. The van der Waals surface area contributed by atoms with Crippen LogP contribution in [0.5, 0.6) is 0 Å². The summed E-state index contributed by atoms with van der Waals surface area (Å²) in [7, 11) is 0. The minimum atomic E-state index is -0.0650. The van der Waals surface area contributed by atoms with Gasteiger partial charge in [0, 0.05) is 25.5 Å². The molecule has 2 N–H and O–H groups in total. The van der Waals surface area contributed by atoms with Crippen LogP contribution in [0.15, 0.2) is 59.7 Å². The molecule has 1 unspecified atom stereocenters. The Bertz CT molecular complexity index is 903. The molecule has 0 aliphatic rings. The predicted molar refractivity (Wildman–Crippen MR) is 137 cm³/mol. The lowest BCUT2D eigenvalue weighted by Crippen LogP contribution is -2.32. The molecule has 1 amide bonds. The maximum absolute atomic E-state index is 11.2. The zero-order chi connectivity index (χ0) is 23.4. The van der Waals surface area contributed by atoms with Crippen molar-refractivity contribution in [2.45, 2.75) is 54.5 Å². The number of thiocarbonyl (C=S) groups is 1. The fourth-order valence-electron chi connectivity index (χ4n) is 2.58. The maximum atomic E-state index is 11.2. The molecule has 1 heterocycles. The first-order valence-corrected chi connectivity index (χ1v) is 11.0. The summed E-state index contributed by atoms with van der Waals surface area (Å²) in [6, 6.07) is 2.07. The van der Waals surface area contributed by atoms with Gasteiger partial charge in [-0.3, -0.25) is 9.48 Å². The quantitative estimate of drug-likeness (QED) is 0.345. The number of carbonyl (C=O) groups excluding carboxylic acids is 1. The molecule has 0 saturated heterocycles. The highest BCUT2D eigenvalue weighted by molar-refractivity contribution is 7.80. The highest BCUT2D eigenvalue weighted by Crippen LogP contribution is 2.23. The van der Waals surface area contributed by atoms with Crippen molar-refractivity contribution in [1.29, 1.82) is 0 Å². The van der Waals surface area contributed by atoms with Gasteiger partial charge in [0.25, 0.3) is 0 Å². The fraction of sp³-hybridized carbons (Fsp3) is 0.400. The Balaban J connectivity index is 3.14. The molecule has 1 aromatic rings. The lowest BCUT2D eigenvalue weighted by atomic mass is 10.1. The number of hydrogen-bond acceptors (Lipinski definition) is 3. The number of allylic oxidation sites excluding steroid dienone is 9. The summed E-state index contributed by atoms with van der Waals surface area (Å²) in [6.45, 7) is 14.3. The largest absolute Gasteiger partial charge is 0.356 e. The summed E-state index contributed by atoms with van der Waals surface area (Å²) in [5, 5.41) is 10.8. The third-order valence-electron chi connectivity index (χ3n) is 4.89. The molecule has 0 bridgehead atoms. The summed E-state index contributed by atoms with van der Waals surface area (Å²) in [6.07, 6.45) is 16.4. The van der Waals surface area contributed by atoms with Gasteiger partial charge in [-0.2, -0.15) is 5.10 Å². The molecule has 0 radical (unpaired) electrons. The second kappa shape index (κ2) is 13.5. The van der Waals surface area contributed by atoms with Crippen molar-refractivity contribution in [3.05, 3.63) is 65.4 Å². The number of nitrogens with zero attached hydrogens (tertiary/aromatic N) is 2. The van der Waals surface area contributed by atoms with Gasteiger partial charge in [0.1, 0.15) is 0 Å². The molecule has 2 atom stereocenters. The number of aromatic nitrogens is 2. The van der Waals surface area contributed by atoms with Crippen molar-refractivity contribution in [2.75, 3.05) is 11.9 Å². The molecule has 31 heavy (non-hydrogen) atoms. The number of amides is 1. The van der Waals surface area contributed by atoms with Crippen LogP contribution in [-0.2, 0) is 4.79 Å². The fourth-order valence-corrected chi connectivity index (χ4v) is 2.77. The molecule has 1 rings (SSSR count). The van der Waals surface area contributed by atoms with Crippen LogP contribution in [0.4, 0.5) is 5.82 Å². The van der Waals surface area contributed by atoms with E-state index < -0.39 is 0 Å². The summed E-state index contributed by atoms with van der Waals surface area (Å²) in [5.41, 5.74) is 3.38. The van der Waals surface area contributed by atoms with Crippen molar-refractivity contribution in [3.63, 3.8) is 0 Å². The summed E-state index contributed by atoms with van der Waals surface area (Å²) in [5.74, 6) is 0.631. The van der Waals surface area contributed by atoms with E-state index in [4.69, 9.17) is 17.3 Å². The third kappa shape index (κ3) is 9.30. The number of nitrogens with one attached hydrogen (secondary N) is 2. The Morgan fingerprint density at radius 1 is 1.19 bits per heavy atom. The zero-order valence-corrected chi connectivity index (χ0v) is 20.6. The van der Waals surface area contributed by atoms with Gasteiger partial charge < -0.3 is 10.6 Å². The minimum Gasteiger partial charge on any atom is -0.356 e. The van der Waals surface area contributed by atoms with E-state index in [2.05, 4.69) is 49.6 Å². The second-order valence-corrected chi connectivity index (χ2v) is 8.03. The van der Waals surface area contributed by atoms with Gasteiger partial charge in [-0.15, -0.1) is 0 Å². The summed E-state index contributed by atoms with van der Waals surface area (Å²) >= 11 is 5.52. The topological polar surface area (TPSA) is 59.0 Å². The smallest absolute Gasteiger partial charge is 0.216 e. The molecule has 0 saturated carbocycles. The molecule has 0 aromatic carbocycles. The van der Waals surface area contributed by atoms with E-state index >= 15 is 0 Å². The lowest BCUT2D eigenvalue weighted by Gasteiger charge is -2.16. The predicted octanol–water partition coefficient (Wildman–Crippen LogP) is 6.01. The van der Waals surface area contributed by atoms with Gasteiger partial charge in [-0.05, 0) is 46.3 Å². The van der Waals surface area contributed by atoms with E-state index in [1.165, 1.54) is 18.1 Å². The Kier molecular flexibility index (Phi) is 11.5. The second-order valence-electron chi connectivity index (χ2n) is 7.59. The molecule has 5 nitrogen and oxygen atoms in total. The number of hydrogen-bond donors (Lipinski definition) is 2. The van der Waals surface area contributed by atoms with Gasteiger partial charge in [0.2, 0.25) is 5.91 Å². The Hall–Kier alpha value is -2.73. The number of carbonyl (C=O) groups is 1. The number of rotatable bonds is 10. The lowest BCUT2D eigenvalue weighted by molar-refractivity contribution is -0.119. The standard InChI is InChI=1S/C25H36N4OS/c1-8-10-14-19(4)21(6)29-23(15-12-11-13-18(3)9-2)16-24(28-29)27-25(31)20(5)17-26-22(7)30/h8-16,20-21H,17H2,1-7H3,(H,26,30)(H,27,28,31)/b10-8-,13-11-,15-12+,18-9-,19-14-/t20-,21?/m1/s1. The summed E-state index contributed by atoms with van der Waals surface area (Å²) < 4.78 is 1.99. The summed E-state index contributed by atoms with van der Waals surface area (Å²) in [4.78, 5) is 11.8. The molecular formula is C25H36N4OS. The van der Waals surface area contributed by atoms with Crippen LogP contribution in [0.3, 0.4) is 0 Å². The Labute approximate surface area is 192 Å². The minimum absolute atomic E-state index is 0.00327. The van der Waals surface area contributed by atoms with E-state index in [0.29, 0.717) is 17.4 Å². The average molecular weight is 441 g/mol. The van der Waals surface area contributed by atoms with E-state index in [9.17, 15) is 4.79 Å². The van der Waals surface area contributed by atoms with Crippen LogP contribution in [0.1, 0.15) is 60.2 Å². The van der Waals surface area contributed by atoms with Crippen LogP contribution in [0, 0.1) is 5.92 Å². The van der Waals surface area contributed by atoms with Crippen molar-refractivity contribution in [3.8, 4) is 0 Å². The molecule has 168 valence electrons. The Morgan fingerprint density at radius 3 is 2.52 bits per heavy atom.